The molecular weight excluding hydrogens is 334 g/mol. The molecule has 4 N–H and O–H groups in total. The lowest BCUT2D eigenvalue weighted by Gasteiger charge is -2.08. The number of aryl methyl sites for hydroxylation is 1. The highest BCUT2D eigenvalue weighted by atomic mass is 32.2. The number of unbranched alkanes of at least 4 members (excludes halogenated alkanes) is 11. The second kappa shape index (κ2) is 14.3. The number of benzene rings is 1. The second-order valence-electron chi connectivity index (χ2n) is 6.74. The first-order chi connectivity index (χ1) is 11.5. The first-order valence-electron chi connectivity index (χ1n) is 9.59. The van der Waals surface area contributed by atoms with Gasteiger partial charge in [-0.25, -0.2) is 8.42 Å². The molecular formula is C20H37NO3S. The minimum absolute atomic E-state index is 0. The summed E-state index contributed by atoms with van der Waals surface area (Å²) in [6, 6.07) is 6.34. The summed E-state index contributed by atoms with van der Waals surface area (Å²) in [7, 11) is -4.32. The third kappa shape index (κ3) is 12.1. The highest BCUT2D eigenvalue weighted by molar-refractivity contribution is 7.85. The highest BCUT2D eigenvalue weighted by Crippen LogP contribution is 2.15. The maximum Gasteiger partial charge on any atom is 0.124 e. The van der Waals surface area contributed by atoms with Crippen LogP contribution >= 0.6 is 0 Å². The van der Waals surface area contributed by atoms with Crippen LogP contribution in [0, 0.1) is 0 Å². The lowest BCUT2D eigenvalue weighted by atomic mass is 10.0. The molecule has 146 valence electrons. The Morgan fingerprint density at radius 1 is 0.720 bits per heavy atom. The normalized spacial score (nSPS) is 11.3. The lowest BCUT2D eigenvalue weighted by molar-refractivity contribution is 0.463. The van der Waals surface area contributed by atoms with Crippen molar-refractivity contribution >= 4 is 10.1 Å². The van der Waals surface area contributed by atoms with E-state index >= 15 is 0 Å². The van der Waals surface area contributed by atoms with E-state index in [1.807, 2.05) is 0 Å². The minimum Gasteiger partial charge on any atom is -0.744 e. The Morgan fingerprint density at radius 2 is 1.12 bits per heavy atom. The van der Waals surface area contributed by atoms with Crippen LogP contribution in [0.3, 0.4) is 0 Å². The van der Waals surface area contributed by atoms with Gasteiger partial charge in [0.1, 0.15) is 10.1 Å². The van der Waals surface area contributed by atoms with Gasteiger partial charge in [0.05, 0.1) is 4.90 Å². The van der Waals surface area contributed by atoms with Crippen LogP contribution in [0.5, 0.6) is 0 Å². The van der Waals surface area contributed by atoms with Crippen LogP contribution in [0.1, 0.15) is 89.5 Å². The molecule has 4 nitrogen and oxygen atoms in total. The van der Waals surface area contributed by atoms with E-state index in [0.717, 1.165) is 18.4 Å². The zero-order chi connectivity index (χ0) is 17.7. The van der Waals surface area contributed by atoms with Crippen molar-refractivity contribution in [3.8, 4) is 0 Å². The van der Waals surface area contributed by atoms with E-state index in [-0.39, 0.29) is 11.0 Å². The fraction of sp³-hybridized carbons (Fsp3) is 0.700. The van der Waals surface area contributed by atoms with Gasteiger partial charge in [0.15, 0.2) is 0 Å². The van der Waals surface area contributed by atoms with Gasteiger partial charge in [-0.3, -0.25) is 0 Å². The first kappa shape index (κ1) is 24.1. The van der Waals surface area contributed by atoms with Crippen LogP contribution in [0.4, 0.5) is 0 Å². The fourth-order valence-electron chi connectivity index (χ4n) is 2.99. The maximum atomic E-state index is 10.9. The molecule has 0 aliphatic carbocycles. The number of quaternary nitrogens is 1. The number of hydrogen-bond acceptors (Lipinski definition) is 3. The van der Waals surface area contributed by atoms with E-state index in [1.165, 1.54) is 82.8 Å². The van der Waals surface area contributed by atoms with E-state index in [0.29, 0.717) is 0 Å². The van der Waals surface area contributed by atoms with E-state index in [9.17, 15) is 13.0 Å². The third-order valence-corrected chi connectivity index (χ3v) is 5.38. The van der Waals surface area contributed by atoms with E-state index < -0.39 is 10.1 Å². The fourth-order valence-corrected chi connectivity index (χ4v) is 3.46. The van der Waals surface area contributed by atoms with Crippen LogP contribution < -0.4 is 6.15 Å². The topological polar surface area (TPSA) is 93.7 Å². The summed E-state index contributed by atoms with van der Waals surface area (Å²) in [4.78, 5) is -0.138. The van der Waals surface area contributed by atoms with Crippen molar-refractivity contribution in [1.82, 2.24) is 6.15 Å². The molecule has 0 aliphatic rings. The molecule has 1 aromatic rings. The highest BCUT2D eigenvalue weighted by Gasteiger charge is 2.01. The molecule has 25 heavy (non-hydrogen) atoms. The van der Waals surface area contributed by atoms with Crippen LogP contribution in [0.2, 0.25) is 0 Å². The first-order valence-corrected chi connectivity index (χ1v) is 11.0. The largest absolute Gasteiger partial charge is 0.744 e. The molecule has 0 spiro atoms. The van der Waals surface area contributed by atoms with Crippen molar-refractivity contribution in [2.45, 2.75) is 95.3 Å². The molecule has 0 saturated carbocycles. The lowest BCUT2D eigenvalue weighted by Crippen LogP contribution is -1.98. The minimum atomic E-state index is -4.32. The van der Waals surface area contributed by atoms with E-state index in [2.05, 4.69) is 6.92 Å². The van der Waals surface area contributed by atoms with Gasteiger partial charge in [-0.15, -0.1) is 0 Å². The Hall–Kier alpha value is -0.910. The Bertz CT molecular complexity index is 526. The molecule has 5 heteroatoms. The monoisotopic (exact) mass is 371 g/mol. The molecule has 1 aromatic carbocycles. The standard InChI is InChI=1S/C20H34O3S.H3N/c1-2-3-4-5-6-7-8-9-10-11-12-13-14-19-15-17-20(18-16-19)24(21,22)23;/h15-18H,2-14H2,1H3,(H,21,22,23);1H3. The molecule has 0 saturated heterocycles. The second-order valence-corrected chi connectivity index (χ2v) is 8.12. The van der Waals surface area contributed by atoms with Crippen molar-refractivity contribution in [2.75, 3.05) is 0 Å². The van der Waals surface area contributed by atoms with E-state index in [4.69, 9.17) is 0 Å². The van der Waals surface area contributed by atoms with Gasteiger partial charge in [-0.2, -0.15) is 0 Å². The molecule has 0 amide bonds. The van der Waals surface area contributed by atoms with Gasteiger partial charge >= 0.3 is 0 Å². The Kier molecular flexibility index (Phi) is 13.8. The smallest absolute Gasteiger partial charge is 0.124 e. The molecule has 0 bridgehead atoms. The maximum absolute atomic E-state index is 10.9. The Labute approximate surface area is 154 Å². The summed E-state index contributed by atoms with van der Waals surface area (Å²) in [5.41, 5.74) is 1.11. The van der Waals surface area contributed by atoms with Gasteiger partial charge < -0.3 is 10.7 Å². The average Bonchev–Trinajstić information content (AvgIpc) is 2.55. The Balaban J connectivity index is 0.00000576. The molecule has 0 aromatic heterocycles. The molecule has 0 atom stereocenters. The molecule has 1 rings (SSSR count). The summed E-state index contributed by atoms with van der Waals surface area (Å²) in [5, 5.41) is 0. The molecule has 0 heterocycles. The molecule has 0 radical (unpaired) electrons. The summed E-state index contributed by atoms with van der Waals surface area (Å²) in [5.74, 6) is 0. The van der Waals surface area contributed by atoms with Crippen molar-refractivity contribution in [3.05, 3.63) is 29.8 Å². The summed E-state index contributed by atoms with van der Waals surface area (Å²) < 4.78 is 32.6. The summed E-state index contributed by atoms with van der Waals surface area (Å²) in [6.07, 6.45) is 16.9. The zero-order valence-electron chi connectivity index (χ0n) is 16.1. The molecule has 0 aliphatic heterocycles. The summed E-state index contributed by atoms with van der Waals surface area (Å²) in [6.45, 7) is 2.26. The average molecular weight is 372 g/mol. The van der Waals surface area contributed by atoms with Crippen LogP contribution in [-0.4, -0.2) is 13.0 Å². The van der Waals surface area contributed by atoms with Crippen molar-refractivity contribution in [2.24, 2.45) is 0 Å². The summed E-state index contributed by atoms with van der Waals surface area (Å²) >= 11 is 0. The predicted octanol–water partition coefficient (Wildman–Crippen LogP) is 6.21. The SMILES string of the molecule is CCCCCCCCCCCCCCc1ccc(S(=O)(=O)[O-])cc1.[NH4+]. The van der Waals surface area contributed by atoms with Gasteiger partial charge in [0, 0.05) is 0 Å². The van der Waals surface area contributed by atoms with Gasteiger partial charge in [0.25, 0.3) is 0 Å². The van der Waals surface area contributed by atoms with Crippen molar-refractivity contribution in [3.63, 3.8) is 0 Å². The van der Waals surface area contributed by atoms with Gasteiger partial charge in [0.2, 0.25) is 0 Å². The van der Waals surface area contributed by atoms with Crippen molar-refractivity contribution in [1.29, 1.82) is 0 Å². The van der Waals surface area contributed by atoms with Crippen LogP contribution in [0.25, 0.3) is 0 Å². The zero-order valence-corrected chi connectivity index (χ0v) is 17.0. The van der Waals surface area contributed by atoms with Gasteiger partial charge in [-0.1, -0.05) is 89.7 Å². The Morgan fingerprint density at radius 3 is 1.52 bits per heavy atom. The molecule has 0 unspecified atom stereocenters. The number of rotatable bonds is 14. The van der Waals surface area contributed by atoms with Crippen molar-refractivity contribution < 1.29 is 13.0 Å². The predicted molar refractivity (Wildman–Crippen MR) is 105 cm³/mol. The molecule has 0 fully saturated rings. The van der Waals surface area contributed by atoms with E-state index in [1.54, 1.807) is 12.1 Å². The van der Waals surface area contributed by atoms with Crippen LogP contribution in [0.15, 0.2) is 29.2 Å². The van der Waals surface area contributed by atoms with Gasteiger partial charge in [-0.05, 0) is 30.5 Å². The third-order valence-electron chi connectivity index (χ3n) is 4.53. The quantitative estimate of drug-likeness (QED) is 0.311. The number of hydrogen-bond donors (Lipinski definition) is 1. The van der Waals surface area contributed by atoms with Crippen LogP contribution in [-0.2, 0) is 16.5 Å².